The average Bonchev–Trinajstić information content (AvgIpc) is 2.51. The van der Waals surface area contributed by atoms with Crippen molar-refractivity contribution in [2.24, 2.45) is 0 Å². The fraction of sp³-hybridized carbons (Fsp3) is 0.500. The van der Waals surface area contributed by atoms with E-state index < -0.39 is 5.97 Å². The van der Waals surface area contributed by atoms with Crippen molar-refractivity contribution in [3.63, 3.8) is 0 Å². The summed E-state index contributed by atoms with van der Waals surface area (Å²) in [6.45, 7) is 4.33. The third kappa shape index (κ3) is 5.84. The van der Waals surface area contributed by atoms with Crippen molar-refractivity contribution >= 4 is 27.8 Å². The van der Waals surface area contributed by atoms with Gasteiger partial charge < -0.3 is 19.1 Å². The lowest BCUT2D eigenvalue weighted by Crippen LogP contribution is -2.49. The van der Waals surface area contributed by atoms with Gasteiger partial charge in [0.05, 0.1) is 12.2 Å². The van der Waals surface area contributed by atoms with Gasteiger partial charge in [-0.1, -0.05) is 15.9 Å². The summed E-state index contributed by atoms with van der Waals surface area (Å²) in [5, 5.41) is 0. The molecule has 0 spiro atoms. The van der Waals surface area contributed by atoms with Crippen LogP contribution in [0.15, 0.2) is 28.7 Å². The quantitative estimate of drug-likeness (QED) is 0.725. The number of ether oxygens (including phenoxy) is 3. The minimum atomic E-state index is -0.573. The number of hydrogen-bond donors (Lipinski definition) is 0. The molecule has 1 aliphatic rings. The third-order valence-corrected chi connectivity index (χ3v) is 3.83. The SMILES string of the molecule is CC1CN(C(=O)COC(=O)COc2ccc(Br)cc2)CC(C)O1. The Labute approximate surface area is 143 Å². The molecule has 0 N–H and O–H groups in total. The number of rotatable bonds is 5. The lowest BCUT2D eigenvalue weighted by Gasteiger charge is -2.35. The van der Waals surface area contributed by atoms with Gasteiger partial charge in [-0.05, 0) is 38.1 Å². The molecule has 1 aromatic carbocycles. The Bertz CT molecular complexity index is 538. The van der Waals surface area contributed by atoms with Gasteiger partial charge in [0, 0.05) is 17.6 Å². The van der Waals surface area contributed by atoms with Crippen LogP contribution in [0, 0.1) is 0 Å². The molecule has 1 fully saturated rings. The molecule has 1 heterocycles. The van der Waals surface area contributed by atoms with Crippen LogP contribution in [-0.2, 0) is 19.1 Å². The van der Waals surface area contributed by atoms with Crippen LogP contribution < -0.4 is 4.74 Å². The highest BCUT2D eigenvalue weighted by Gasteiger charge is 2.26. The van der Waals surface area contributed by atoms with Crippen LogP contribution >= 0.6 is 15.9 Å². The van der Waals surface area contributed by atoms with Crippen molar-refractivity contribution in [1.82, 2.24) is 4.90 Å². The molecule has 1 aromatic rings. The second-order valence-corrected chi connectivity index (χ2v) is 6.37. The van der Waals surface area contributed by atoms with Gasteiger partial charge in [0.25, 0.3) is 5.91 Å². The van der Waals surface area contributed by atoms with Crippen molar-refractivity contribution in [3.05, 3.63) is 28.7 Å². The van der Waals surface area contributed by atoms with E-state index in [0.717, 1.165) is 4.47 Å². The van der Waals surface area contributed by atoms with E-state index in [1.54, 1.807) is 17.0 Å². The average molecular weight is 386 g/mol. The smallest absolute Gasteiger partial charge is 0.344 e. The van der Waals surface area contributed by atoms with Gasteiger partial charge in [-0.2, -0.15) is 0 Å². The van der Waals surface area contributed by atoms with E-state index >= 15 is 0 Å². The molecule has 0 aromatic heterocycles. The summed E-state index contributed by atoms with van der Waals surface area (Å²) in [4.78, 5) is 25.4. The van der Waals surface area contributed by atoms with Crippen LogP contribution in [0.5, 0.6) is 5.75 Å². The van der Waals surface area contributed by atoms with Crippen molar-refractivity contribution in [1.29, 1.82) is 0 Å². The Morgan fingerprint density at radius 2 is 1.78 bits per heavy atom. The van der Waals surface area contributed by atoms with E-state index in [4.69, 9.17) is 14.2 Å². The van der Waals surface area contributed by atoms with Gasteiger partial charge in [-0.3, -0.25) is 4.79 Å². The standard InChI is InChI=1S/C16H20BrNO5/c1-11-7-18(8-12(2)23-11)15(19)9-22-16(20)10-21-14-5-3-13(17)4-6-14/h3-6,11-12H,7-10H2,1-2H3. The molecule has 1 saturated heterocycles. The molecule has 7 heteroatoms. The van der Waals surface area contributed by atoms with Gasteiger partial charge in [-0.25, -0.2) is 4.79 Å². The van der Waals surface area contributed by atoms with Gasteiger partial charge in [0.1, 0.15) is 5.75 Å². The topological polar surface area (TPSA) is 65.1 Å². The van der Waals surface area contributed by atoms with E-state index in [-0.39, 0.29) is 31.3 Å². The fourth-order valence-corrected chi connectivity index (χ4v) is 2.59. The molecule has 0 bridgehead atoms. The summed E-state index contributed by atoms with van der Waals surface area (Å²) < 4.78 is 16.7. The summed E-state index contributed by atoms with van der Waals surface area (Å²) in [7, 11) is 0. The first kappa shape index (κ1) is 17.7. The normalized spacial score (nSPS) is 20.9. The molecule has 0 saturated carbocycles. The van der Waals surface area contributed by atoms with Crippen molar-refractivity contribution < 1.29 is 23.8 Å². The highest BCUT2D eigenvalue weighted by atomic mass is 79.9. The predicted molar refractivity (Wildman–Crippen MR) is 87.2 cm³/mol. The highest BCUT2D eigenvalue weighted by Crippen LogP contribution is 2.16. The van der Waals surface area contributed by atoms with Crippen molar-refractivity contribution in [2.75, 3.05) is 26.3 Å². The van der Waals surface area contributed by atoms with E-state index in [2.05, 4.69) is 15.9 Å². The molecule has 126 valence electrons. The Balaban J connectivity index is 1.71. The molecule has 2 atom stereocenters. The number of morpholine rings is 1. The predicted octanol–water partition coefficient (Wildman–Crippen LogP) is 2.01. The molecule has 2 unspecified atom stereocenters. The molecule has 0 aliphatic carbocycles. The second kappa shape index (κ2) is 8.31. The Morgan fingerprint density at radius 3 is 2.39 bits per heavy atom. The van der Waals surface area contributed by atoms with Crippen LogP contribution in [0.1, 0.15) is 13.8 Å². The summed E-state index contributed by atoms with van der Waals surface area (Å²) in [5.41, 5.74) is 0. The first-order chi connectivity index (χ1) is 10.9. The highest BCUT2D eigenvalue weighted by molar-refractivity contribution is 9.10. The van der Waals surface area contributed by atoms with E-state index in [9.17, 15) is 9.59 Å². The van der Waals surface area contributed by atoms with Gasteiger partial charge >= 0.3 is 5.97 Å². The summed E-state index contributed by atoms with van der Waals surface area (Å²) in [6.07, 6.45) is -0.0294. The van der Waals surface area contributed by atoms with Crippen molar-refractivity contribution in [3.8, 4) is 5.75 Å². The maximum atomic E-state index is 12.1. The van der Waals surface area contributed by atoms with E-state index in [1.807, 2.05) is 26.0 Å². The van der Waals surface area contributed by atoms with Crippen LogP contribution in [0.25, 0.3) is 0 Å². The molecule has 23 heavy (non-hydrogen) atoms. The maximum Gasteiger partial charge on any atom is 0.344 e. The Morgan fingerprint density at radius 1 is 1.17 bits per heavy atom. The van der Waals surface area contributed by atoms with Crippen LogP contribution in [-0.4, -0.2) is 55.3 Å². The first-order valence-corrected chi connectivity index (χ1v) is 8.20. The number of benzene rings is 1. The van der Waals surface area contributed by atoms with Gasteiger partial charge in [-0.15, -0.1) is 0 Å². The molecule has 1 amide bonds. The van der Waals surface area contributed by atoms with Crippen LogP contribution in [0.2, 0.25) is 0 Å². The second-order valence-electron chi connectivity index (χ2n) is 5.46. The number of esters is 1. The molecule has 1 aliphatic heterocycles. The zero-order valence-corrected chi connectivity index (χ0v) is 14.7. The number of amides is 1. The zero-order chi connectivity index (χ0) is 16.8. The van der Waals surface area contributed by atoms with Crippen LogP contribution in [0.4, 0.5) is 0 Å². The largest absolute Gasteiger partial charge is 0.482 e. The van der Waals surface area contributed by atoms with E-state index in [0.29, 0.717) is 18.8 Å². The monoisotopic (exact) mass is 385 g/mol. The number of halogens is 1. The number of carbonyl (C=O) groups is 2. The molecule has 0 radical (unpaired) electrons. The Kier molecular flexibility index (Phi) is 6.41. The molecular weight excluding hydrogens is 366 g/mol. The maximum absolute atomic E-state index is 12.1. The fourth-order valence-electron chi connectivity index (χ4n) is 2.33. The third-order valence-electron chi connectivity index (χ3n) is 3.30. The molecule has 6 nitrogen and oxygen atoms in total. The number of nitrogens with zero attached hydrogens (tertiary/aromatic N) is 1. The van der Waals surface area contributed by atoms with E-state index in [1.165, 1.54) is 0 Å². The Hall–Kier alpha value is -1.60. The minimum absolute atomic E-state index is 0.0147. The number of carbonyl (C=O) groups excluding carboxylic acids is 2. The summed E-state index contributed by atoms with van der Waals surface area (Å²) >= 11 is 3.31. The molecular formula is C16H20BrNO5. The molecule has 2 rings (SSSR count). The minimum Gasteiger partial charge on any atom is -0.482 e. The van der Waals surface area contributed by atoms with Crippen molar-refractivity contribution in [2.45, 2.75) is 26.1 Å². The summed E-state index contributed by atoms with van der Waals surface area (Å²) in [6, 6.07) is 7.09. The number of hydrogen-bond acceptors (Lipinski definition) is 5. The first-order valence-electron chi connectivity index (χ1n) is 7.41. The van der Waals surface area contributed by atoms with Crippen LogP contribution in [0.3, 0.4) is 0 Å². The lowest BCUT2D eigenvalue weighted by molar-refractivity contribution is -0.158. The lowest BCUT2D eigenvalue weighted by atomic mass is 10.2. The van der Waals surface area contributed by atoms with Gasteiger partial charge in [0.15, 0.2) is 13.2 Å². The summed E-state index contributed by atoms with van der Waals surface area (Å²) in [5.74, 6) is -0.230. The zero-order valence-electron chi connectivity index (χ0n) is 13.2. The van der Waals surface area contributed by atoms with Gasteiger partial charge in [0.2, 0.25) is 0 Å².